The average Bonchev–Trinajstić information content (AvgIpc) is 2.34. The Hall–Kier alpha value is -0.0800. The lowest BCUT2D eigenvalue weighted by atomic mass is 10.2. The Balaban J connectivity index is 2.29. The summed E-state index contributed by atoms with van der Waals surface area (Å²) in [5.74, 6) is 0.779. The fourth-order valence-corrected chi connectivity index (χ4v) is 1.50. The summed E-state index contributed by atoms with van der Waals surface area (Å²) in [6.07, 6.45) is 1.91. The monoisotopic (exact) mass is 143 g/mol. The van der Waals surface area contributed by atoms with Crippen molar-refractivity contribution in [3.05, 3.63) is 0 Å². The van der Waals surface area contributed by atoms with Crippen LogP contribution in [0.1, 0.15) is 26.7 Å². The quantitative estimate of drug-likeness (QED) is 0.624. The molecule has 0 radical (unpaired) electrons. The summed E-state index contributed by atoms with van der Waals surface area (Å²) >= 11 is 0. The Morgan fingerprint density at radius 1 is 1.70 bits per heavy atom. The van der Waals surface area contributed by atoms with Gasteiger partial charge in [-0.2, -0.15) is 0 Å². The molecule has 1 rings (SSSR count). The molecule has 0 aromatic heterocycles. The molecule has 2 unspecified atom stereocenters. The first kappa shape index (κ1) is 8.02. The van der Waals surface area contributed by atoms with Gasteiger partial charge in [0.2, 0.25) is 0 Å². The molecule has 1 aliphatic heterocycles. The summed E-state index contributed by atoms with van der Waals surface area (Å²) in [7, 11) is 0. The molecule has 0 aromatic carbocycles. The molecule has 10 heavy (non-hydrogen) atoms. The molecule has 2 heteroatoms. The van der Waals surface area contributed by atoms with E-state index in [0.717, 1.165) is 25.4 Å². The maximum absolute atomic E-state index is 9.40. The van der Waals surface area contributed by atoms with Crippen molar-refractivity contribution in [1.29, 1.82) is 0 Å². The highest BCUT2D eigenvalue weighted by Crippen LogP contribution is 2.17. The first-order valence-corrected chi connectivity index (χ1v) is 4.16. The number of nitrogens with zero attached hydrogens (tertiary/aromatic N) is 1. The van der Waals surface area contributed by atoms with Crippen LogP contribution in [-0.4, -0.2) is 29.3 Å². The smallest absolute Gasteiger partial charge is 0.107 e. The molecule has 2 atom stereocenters. The zero-order chi connectivity index (χ0) is 7.56. The minimum absolute atomic E-state index is 0.190. The molecule has 0 amide bonds. The van der Waals surface area contributed by atoms with Crippen LogP contribution in [-0.2, 0) is 0 Å². The summed E-state index contributed by atoms with van der Waals surface area (Å²) in [4.78, 5) is 2.16. The van der Waals surface area contributed by atoms with Crippen LogP contribution < -0.4 is 0 Å². The van der Waals surface area contributed by atoms with Crippen molar-refractivity contribution in [3.63, 3.8) is 0 Å². The van der Waals surface area contributed by atoms with Crippen molar-refractivity contribution in [2.75, 3.05) is 13.1 Å². The minimum Gasteiger partial charge on any atom is -0.378 e. The van der Waals surface area contributed by atoms with Gasteiger partial charge in [0.05, 0.1) is 0 Å². The predicted octanol–water partition coefficient (Wildman–Crippen LogP) is 1.06. The largest absolute Gasteiger partial charge is 0.378 e. The predicted molar refractivity (Wildman–Crippen MR) is 41.7 cm³/mol. The fourth-order valence-electron chi connectivity index (χ4n) is 1.50. The number of aliphatic hydroxyl groups is 1. The number of aliphatic hydroxyl groups excluding tert-OH is 1. The van der Waals surface area contributed by atoms with Gasteiger partial charge in [-0.1, -0.05) is 13.8 Å². The van der Waals surface area contributed by atoms with Gasteiger partial charge in [0, 0.05) is 13.1 Å². The Bertz CT molecular complexity index is 105. The second-order valence-electron chi connectivity index (χ2n) is 3.28. The minimum atomic E-state index is -0.190. The standard InChI is InChI=1S/C8H17NO/c1-3-8(10)9-5-4-7(2)6-9/h7-8,10H,3-6H2,1-2H3. The van der Waals surface area contributed by atoms with Gasteiger partial charge in [0.15, 0.2) is 0 Å². The zero-order valence-corrected chi connectivity index (χ0v) is 6.88. The maximum atomic E-state index is 9.40. The third-order valence-electron chi connectivity index (χ3n) is 2.24. The SMILES string of the molecule is CCC(O)N1CCC(C)C1. The fraction of sp³-hybridized carbons (Fsp3) is 1.00. The van der Waals surface area contributed by atoms with E-state index in [1.807, 2.05) is 6.92 Å². The summed E-state index contributed by atoms with van der Waals surface area (Å²) < 4.78 is 0. The van der Waals surface area contributed by atoms with Gasteiger partial charge < -0.3 is 5.11 Å². The van der Waals surface area contributed by atoms with Crippen LogP contribution in [0.2, 0.25) is 0 Å². The first-order valence-electron chi connectivity index (χ1n) is 4.16. The van der Waals surface area contributed by atoms with E-state index < -0.39 is 0 Å². The zero-order valence-electron chi connectivity index (χ0n) is 6.88. The normalized spacial score (nSPS) is 30.9. The molecule has 1 heterocycles. The number of rotatable bonds is 2. The van der Waals surface area contributed by atoms with Crippen molar-refractivity contribution in [2.45, 2.75) is 32.9 Å². The van der Waals surface area contributed by atoms with Crippen molar-refractivity contribution >= 4 is 0 Å². The van der Waals surface area contributed by atoms with E-state index in [4.69, 9.17) is 0 Å². The number of hydrogen-bond acceptors (Lipinski definition) is 2. The van der Waals surface area contributed by atoms with Gasteiger partial charge in [-0.25, -0.2) is 0 Å². The third kappa shape index (κ3) is 1.70. The summed E-state index contributed by atoms with van der Waals surface area (Å²) in [6, 6.07) is 0. The van der Waals surface area contributed by atoms with Gasteiger partial charge >= 0.3 is 0 Å². The first-order chi connectivity index (χ1) is 4.74. The second kappa shape index (κ2) is 3.35. The highest BCUT2D eigenvalue weighted by molar-refractivity contribution is 4.73. The Labute approximate surface area is 62.8 Å². The van der Waals surface area contributed by atoms with Gasteiger partial charge in [-0.15, -0.1) is 0 Å². The van der Waals surface area contributed by atoms with E-state index in [-0.39, 0.29) is 6.23 Å². The molecule has 1 fully saturated rings. The number of likely N-dealkylation sites (tertiary alicyclic amines) is 1. The molecule has 60 valence electrons. The molecule has 0 spiro atoms. The summed E-state index contributed by atoms with van der Waals surface area (Å²) in [6.45, 7) is 6.42. The molecular formula is C8H17NO. The van der Waals surface area contributed by atoms with Crippen molar-refractivity contribution in [2.24, 2.45) is 5.92 Å². The average molecular weight is 143 g/mol. The van der Waals surface area contributed by atoms with E-state index in [9.17, 15) is 5.11 Å². The molecule has 0 saturated carbocycles. The second-order valence-corrected chi connectivity index (χ2v) is 3.28. The van der Waals surface area contributed by atoms with Crippen molar-refractivity contribution < 1.29 is 5.11 Å². The molecule has 2 nitrogen and oxygen atoms in total. The van der Waals surface area contributed by atoms with Crippen LogP contribution in [0.3, 0.4) is 0 Å². The molecular weight excluding hydrogens is 126 g/mol. The Kier molecular flexibility index (Phi) is 2.69. The third-order valence-corrected chi connectivity index (χ3v) is 2.24. The highest BCUT2D eigenvalue weighted by atomic mass is 16.3. The van der Waals surface area contributed by atoms with Gasteiger partial charge in [-0.05, 0) is 18.8 Å². The Morgan fingerprint density at radius 3 is 2.80 bits per heavy atom. The van der Waals surface area contributed by atoms with Crippen molar-refractivity contribution in [3.8, 4) is 0 Å². The van der Waals surface area contributed by atoms with E-state index in [2.05, 4.69) is 11.8 Å². The van der Waals surface area contributed by atoms with Crippen LogP contribution in [0.4, 0.5) is 0 Å². The van der Waals surface area contributed by atoms with Crippen LogP contribution >= 0.6 is 0 Å². The van der Waals surface area contributed by atoms with Crippen molar-refractivity contribution in [1.82, 2.24) is 4.90 Å². The van der Waals surface area contributed by atoms with Crippen LogP contribution in [0.15, 0.2) is 0 Å². The van der Waals surface area contributed by atoms with E-state index >= 15 is 0 Å². The van der Waals surface area contributed by atoms with Gasteiger partial charge in [0.25, 0.3) is 0 Å². The number of hydrogen-bond donors (Lipinski definition) is 1. The molecule has 0 bridgehead atoms. The lowest BCUT2D eigenvalue weighted by Gasteiger charge is -2.20. The lowest BCUT2D eigenvalue weighted by molar-refractivity contribution is 0.0158. The molecule has 1 aliphatic rings. The van der Waals surface area contributed by atoms with Crippen LogP contribution in [0.25, 0.3) is 0 Å². The van der Waals surface area contributed by atoms with Gasteiger partial charge in [0.1, 0.15) is 6.23 Å². The van der Waals surface area contributed by atoms with E-state index in [1.165, 1.54) is 6.42 Å². The van der Waals surface area contributed by atoms with Gasteiger partial charge in [-0.3, -0.25) is 4.90 Å². The Morgan fingerprint density at radius 2 is 2.40 bits per heavy atom. The summed E-state index contributed by atoms with van der Waals surface area (Å²) in [5, 5.41) is 9.40. The highest BCUT2D eigenvalue weighted by Gasteiger charge is 2.22. The maximum Gasteiger partial charge on any atom is 0.107 e. The van der Waals surface area contributed by atoms with Crippen LogP contribution in [0, 0.1) is 5.92 Å². The molecule has 0 aromatic rings. The molecule has 1 N–H and O–H groups in total. The van der Waals surface area contributed by atoms with E-state index in [1.54, 1.807) is 0 Å². The van der Waals surface area contributed by atoms with E-state index in [0.29, 0.717) is 0 Å². The lowest BCUT2D eigenvalue weighted by Crippen LogP contribution is -2.32. The molecule has 1 saturated heterocycles. The topological polar surface area (TPSA) is 23.5 Å². The van der Waals surface area contributed by atoms with Crippen LogP contribution in [0.5, 0.6) is 0 Å². The summed E-state index contributed by atoms with van der Waals surface area (Å²) in [5.41, 5.74) is 0. The molecule has 0 aliphatic carbocycles.